The van der Waals surface area contributed by atoms with E-state index in [0.29, 0.717) is 12.1 Å². The van der Waals surface area contributed by atoms with E-state index >= 15 is 0 Å². The topological polar surface area (TPSA) is 96.0 Å². The number of hydrogen-bond acceptors (Lipinski definition) is 5. The molecular weight excluding hydrogens is 593 g/mol. The Balaban J connectivity index is 1.81. The third kappa shape index (κ3) is 8.69. The van der Waals surface area contributed by atoms with Crippen LogP contribution in [0.25, 0.3) is 0 Å². The predicted molar refractivity (Wildman–Crippen MR) is 173 cm³/mol. The number of methoxy groups -OCH3 is 1. The molecule has 236 valence electrons. The SMILES string of the molecule is COc1ccccc1N(CC(=O)N(Cc1ccc(F)cc1)[C@H](Cc1ccccc1)C(=O)NCC(C)C)S(=O)(=O)c1ccccc1. The van der Waals surface area contributed by atoms with Gasteiger partial charge in [-0.1, -0.05) is 86.6 Å². The molecule has 0 unspecified atom stereocenters. The van der Waals surface area contributed by atoms with Gasteiger partial charge in [-0.3, -0.25) is 13.9 Å². The van der Waals surface area contributed by atoms with Crippen LogP contribution >= 0.6 is 0 Å². The first-order chi connectivity index (χ1) is 21.6. The third-order valence-corrected chi connectivity index (χ3v) is 8.96. The summed E-state index contributed by atoms with van der Waals surface area (Å²) in [5, 5.41) is 2.95. The van der Waals surface area contributed by atoms with Gasteiger partial charge in [0, 0.05) is 19.5 Å². The van der Waals surface area contributed by atoms with Crippen molar-refractivity contribution in [1.29, 1.82) is 0 Å². The van der Waals surface area contributed by atoms with Crippen molar-refractivity contribution in [3.63, 3.8) is 0 Å². The molecule has 0 saturated carbocycles. The molecule has 0 radical (unpaired) electrons. The van der Waals surface area contributed by atoms with Crippen LogP contribution in [0.5, 0.6) is 5.75 Å². The first-order valence-corrected chi connectivity index (χ1v) is 16.1. The molecule has 0 aliphatic heterocycles. The van der Waals surface area contributed by atoms with Crippen LogP contribution in [0.3, 0.4) is 0 Å². The van der Waals surface area contributed by atoms with Gasteiger partial charge < -0.3 is 15.0 Å². The highest BCUT2D eigenvalue weighted by atomic mass is 32.2. The molecule has 0 aromatic heterocycles. The van der Waals surface area contributed by atoms with Crippen LogP contribution in [0.15, 0.2) is 114 Å². The second kappa shape index (κ2) is 15.3. The minimum Gasteiger partial charge on any atom is -0.495 e. The van der Waals surface area contributed by atoms with E-state index in [4.69, 9.17) is 4.74 Å². The van der Waals surface area contributed by atoms with E-state index in [2.05, 4.69) is 5.32 Å². The lowest BCUT2D eigenvalue weighted by atomic mass is 10.0. The molecule has 10 heteroatoms. The zero-order valence-electron chi connectivity index (χ0n) is 25.6. The summed E-state index contributed by atoms with van der Waals surface area (Å²) in [5.41, 5.74) is 1.56. The fourth-order valence-electron chi connectivity index (χ4n) is 4.83. The molecule has 8 nitrogen and oxygen atoms in total. The van der Waals surface area contributed by atoms with Gasteiger partial charge >= 0.3 is 0 Å². The molecule has 1 N–H and O–H groups in total. The highest BCUT2D eigenvalue weighted by Crippen LogP contribution is 2.32. The molecule has 0 spiro atoms. The monoisotopic (exact) mass is 631 g/mol. The molecule has 4 aromatic rings. The van der Waals surface area contributed by atoms with Gasteiger partial charge in [0.25, 0.3) is 10.0 Å². The van der Waals surface area contributed by atoms with Gasteiger partial charge in [-0.2, -0.15) is 0 Å². The molecule has 0 fully saturated rings. The normalized spacial score (nSPS) is 11.9. The Morgan fingerprint density at radius 1 is 0.822 bits per heavy atom. The number of nitrogens with zero attached hydrogens (tertiary/aromatic N) is 2. The summed E-state index contributed by atoms with van der Waals surface area (Å²) in [5.74, 6) is -1.03. The number of para-hydroxylation sites is 2. The lowest BCUT2D eigenvalue weighted by Gasteiger charge is -2.34. The minimum absolute atomic E-state index is 0.00990. The van der Waals surface area contributed by atoms with Gasteiger partial charge in [-0.25, -0.2) is 12.8 Å². The number of amides is 2. The number of sulfonamides is 1. The van der Waals surface area contributed by atoms with E-state index < -0.39 is 34.3 Å². The maximum atomic E-state index is 14.5. The zero-order valence-corrected chi connectivity index (χ0v) is 26.4. The molecule has 2 amide bonds. The number of anilines is 1. The molecule has 45 heavy (non-hydrogen) atoms. The summed E-state index contributed by atoms with van der Waals surface area (Å²) in [6.45, 7) is 3.64. The number of hydrogen-bond donors (Lipinski definition) is 1. The minimum atomic E-state index is -4.26. The van der Waals surface area contributed by atoms with Crippen LogP contribution in [0.1, 0.15) is 25.0 Å². The Morgan fingerprint density at radius 2 is 1.42 bits per heavy atom. The van der Waals surface area contributed by atoms with Crippen LogP contribution in [0.2, 0.25) is 0 Å². The Kier molecular flexibility index (Phi) is 11.3. The van der Waals surface area contributed by atoms with Crippen molar-refractivity contribution in [1.82, 2.24) is 10.2 Å². The Morgan fingerprint density at radius 3 is 2.04 bits per heavy atom. The van der Waals surface area contributed by atoms with Gasteiger partial charge in [-0.15, -0.1) is 0 Å². The highest BCUT2D eigenvalue weighted by molar-refractivity contribution is 7.92. The molecule has 1 atom stereocenters. The maximum absolute atomic E-state index is 14.5. The van der Waals surface area contributed by atoms with Crippen molar-refractivity contribution >= 4 is 27.5 Å². The standard InChI is InChI=1S/C35H38FN3O5S/c1-26(2)23-37-35(41)32(22-27-12-6-4-7-13-27)38(24-28-18-20-29(36)21-19-28)34(40)25-39(31-16-10-11-17-33(31)44-3)45(42,43)30-14-8-5-9-15-30/h4-21,26,32H,22-25H2,1-3H3,(H,37,41)/t32-/m1/s1. The van der Waals surface area contributed by atoms with E-state index in [0.717, 1.165) is 9.87 Å². The molecule has 0 heterocycles. The molecule has 0 aliphatic rings. The van der Waals surface area contributed by atoms with E-state index in [-0.39, 0.29) is 41.1 Å². The van der Waals surface area contributed by atoms with Crippen LogP contribution < -0.4 is 14.4 Å². The molecule has 0 saturated heterocycles. The molecule has 0 aliphatic carbocycles. The van der Waals surface area contributed by atoms with Gasteiger partial charge in [0.1, 0.15) is 24.2 Å². The second-order valence-electron chi connectivity index (χ2n) is 11.0. The largest absolute Gasteiger partial charge is 0.495 e. The quantitative estimate of drug-likeness (QED) is 0.200. The first-order valence-electron chi connectivity index (χ1n) is 14.7. The fraction of sp³-hybridized carbons (Fsp3) is 0.257. The second-order valence-corrected chi connectivity index (χ2v) is 12.9. The number of rotatable bonds is 14. The van der Waals surface area contributed by atoms with E-state index in [1.54, 1.807) is 54.6 Å². The maximum Gasteiger partial charge on any atom is 0.264 e. The summed E-state index contributed by atoms with van der Waals surface area (Å²) in [6, 6.07) is 28.3. The van der Waals surface area contributed by atoms with Crippen molar-refractivity contribution in [3.8, 4) is 5.75 Å². The van der Waals surface area contributed by atoms with Crippen molar-refractivity contribution in [2.24, 2.45) is 5.92 Å². The Labute approximate surface area is 264 Å². The van der Waals surface area contributed by atoms with E-state index in [9.17, 15) is 22.4 Å². The number of nitrogens with one attached hydrogen (secondary N) is 1. The Hall–Kier alpha value is -4.70. The molecular formula is C35H38FN3O5S. The van der Waals surface area contributed by atoms with E-state index in [1.807, 2.05) is 44.2 Å². The molecule has 4 aromatic carbocycles. The zero-order chi connectivity index (χ0) is 32.4. The predicted octanol–water partition coefficient (Wildman–Crippen LogP) is 5.44. The summed E-state index contributed by atoms with van der Waals surface area (Å²) >= 11 is 0. The number of benzene rings is 4. The summed E-state index contributed by atoms with van der Waals surface area (Å²) < 4.78 is 48.5. The van der Waals surface area contributed by atoms with Crippen LogP contribution in [-0.2, 0) is 32.6 Å². The highest BCUT2D eigenvalue weighted by Gasteiger charge is 2.35. The van der Waals surface area contributed by atoms with Gasteiger partial charge in [-0.05, 0) is 53.4 Å². The van der Waals surface area contributed by atoms with Crippen LogP contribution in [0.4, 0.5) is 10.1 Å². The van der Waals surface area contributed by atoms with Crippen molar-refractivity contribution in [2.75, 3.05) is 24.5 Å². The lowest BCUT2D eigenvalue weighted by Crippen LogP contribution is -2.53. The van der Waals surface area contributed by atoms with Crippen LogP contribution in [-0.4, -0.2) is 51.4 Å². The first kappa shape index (κ1) is 33.2. The molecule has 4 rings (SSSR count). The van der Waals surface area contributed by atoms with Crippen molar-refractivity contribution < 1.29 is 27.1 Å². The average Bonchev–Trinajstić information content (AvgIpc) is 3.05. The summed E-state index contributed by atoms with van der Waals surface area (Å²) in [7, 11) is -2.84. The summed E-state index contributed by atoms with van der Waals surface area (Å²) in [4.78, 5) is 29.6. The van der Waals surface area contributed by atoms with Gasteiger partial charge in [0.2, 0.25) is 11.8 Å². The smallest absolute Gasteiger partial charge is 0.264 e. The van der Waals surface area contributed by atoms with Gasteiger partial charge in [0.15, 0.2) is 0 Å². The number of carbonyl (C=O) groups is 2. The average molecular weight is 632 g/mol. The number of carbonyl (C=O) groups excluding carboxylic acids is 2. The number of ether oxygens (including phenoxy) is 1. The lowest BCUT2D eigenvalue weighted by molar-refractivity contribution is -0.140. The molecule has 0 bridgehead atoms. The Bertz CT molecular complexity index is 1670. The van der Waals surface area contributed by atoms with Crippen LogP contribution in [0, 0.1) is 11.7 Å². The third-order valence-electron chi connectivity index (χ3n) is 7.19. The fourth-order valence-corrected chi connectivity index (χ4v) is 6.28. The number of halogens is 1. The van der Waals surface area contributed by atoms with Gasteiger partial charge in [0.05, 0.1) is 17.7 Å². The summed E-state index contributed by atoms with van der Waals surface area (Å²) in [6.07, 6.45) is 0.178. The van der Waals surface area contributed by atoms with Crippen molar-refractivity contribution in [2.45, 2.75) is 37.8 Å². The van der Waals surface area contributed by atoms with E-state index in [1.165, 1.54) is 36.3 Å². The van der Waals surface area contributed by atoms with Crippen molar-refractivity contribution in [3.05, 3.63) is 126 Å².